The van der Waals surface area contributed by atoms with Crippen LogP contribution in [0.25, 0.3) is 0 Å². The van der Waals surface area contributed by atoms with Crippen LogP contribution in [0, 0.1) is 0 Å². The SMILES string of the molecule is CC(C)OC1(Br)C=CC=NC1. The van der Waals surface area contributed by atoms with Crippen molar-refractivity contribution in [2.24, 2.45) is 4.99 Å². The lowest BCUT2D eigenvalue weighted by Crippen LogP contribution is -2.30. The fourth-order valence-corrected chi connectivity index (χ4v) is 1.62. The van der Waals surface area contributed by atoms with Gasteiger partial charge in [0.15, 0.2) is 4.51 Å². The molecule has 1 aliphatic heterocycles. The first kappa shape index (κ1) is 8.94. The van der Waals surface area contributed by atoms with Crippen LogP contribution in [0.1, 0.15) is 13.8 Å². The van der Waals surface area contributed by atoms with Gasteiger partial charge >= 0.3 is 0 Å². The zero-order valence-electron chi connectivity index (χ0n) is 6.75. The minimum atomic E-state index is -0.365. The van der Waals surface area contributed by atoms with Crippen molar-refractivity contribution in [2.45, 2.75) is 24.5 Å². The lowest BCUT2D eigenvalue weighted by atomic mass is 10.2. The summed E-state index contributed by atoms with van der Waals surface area (Å²) in [6, 6.07) is 0. The highest BCUT2D eigenvalue weighted by Crippen LogP contribution is 2.25. The molecule has 0 aromatic rings. The normalized spacial score (nSPS) is 29.8. The largest absolute Gasteiger partial charge is 0.355 e. The summed E-state index contributed by atoms with van der Waals surface area (Å²) in [5.74, 6) is 0. The molecular formula is C8H12BrNO. The van der Waals surface area contributed by atoms with Gasteiger partial charge in [0.2, 0.25) is 0 Å². The molecule has 3 heteroatoms. The molecule has 0 N–H and O–H groups in total. The molecule has 0 fully saturated rings. The average molecular weight is 218 g/mol. The summed E-state index contributed by atoms with van der Waals surface area (Å²) >= 11 is 3.47. The number of allylic oxidation sites excluding steroid dienone is 1. The molecule has 0 amide bonds. The number of nitrogens with zero attached hydrogens (tertiary/aromatic N) is 1. The Hall–Kier alpha value is -0.150. The van der Waals surface area contributed by atoms with E-state index in [-0.39, 0.29) is 10.6 Å². The summed E-state index contributed by atoms with van der Waals surface area (Å²) in [6.07, 6.45) is 5.86. The average Bonchev–Trinajstić information content (AvgIpc) is 1.85. The molecule has 1 aliphatic rings. The van der Waals surface area contributed by atoms with E-state index in [1.807, 2.05) is 26.0 Å². The molecule has 0 saturated heterocycles. The molecule has 62 valence electrons. The molecule has 1 atom stereocenters. The van der Waals surface area contributed by atoms with Crippen LogP contribution in [0.4, 0.5) is 0 Å². The highest BCUT2D eigenvalue weighted by molar-refractivity contribution is 9.10. The van der Waals surface area contributed by atoms with Gasteiger partial charge in [-0.05, 0) is 41.9 Å². The third kappa shape index (κ3) is 2.75. The fraction of sp³-hybridized carbons (Fsp3) is 0.625. The van der Waals surface area contributed by atoms with E-state index in [1.165, 1.54) is 0 Å². The zero-order valence-corrected chi connectivity index (χ0v) is 8.34. The second-order valence-electron chi connectivity index (χ2n) is 2.80. The zero-order chi connectivity index (χ0) is 8.32. The monoisotopic (exact) mass is 217 g/mol. The summed E-state index contributed by atoms with van der Waals surface area (Å²) in [7, 11) is 0. The lowest BCUT2D eigenvalue weighted by Gasteiger charge is -2.26. The van der Waals surface area contributed by atoms with Crippen LogP contribution in [0.3, 0.4) is 0 Å². The van der Waals surface area contributed by atoms with Gasteiger partial charge < -0.3 is 4.74 Å². The van der Waals surface area contributed by atoms with Gasteiger partial charge in [0.05, 0.1) is 12.6 Å². The van der Waals surface area contributed by atoms with Crippen LogP contribution in [0.5, 0.6) is 0 Å². The van der Waals surface area contributed by atoms with E-state index in [1.54, 1.807) is 6.21 Å². The minimum absolute atomic E-state index is 0.215. The molecule has 0 aliphatic carbocycles. The van der Waals surface area contributed by atoms with E-state index < -0.39 is 0 Å². The fourth-order valence-electron chi connectivity index (χ4n) is 0.946. The maximum absolute atomic E-state index is 5.59. The third-order valence-corrected chi connectivity index (χ3v) is 1.98. The van der Waals surface area contributed by atoms with Crippen LogP contribution >= 0.6 is 15.9 Å². The number of aliphatic imine (C=N–C) groups is 1. The van der Waals surface area contributed by atoms with Crippen molar-refractivity contribution in [1.29, 1.82) is 0 Å². The Kier molecular flexibility index (Phi) is 2.84. The van der Waals surface area contributed by atoms with Crippen LogP contribution in [0.2, 0.25) is 0 Å². The molecule has 1 heterocycles. The van der Waals surface area contributed by atoms with Crippen LogP contribution in [0.15, 0.2) is 17.1 Å². The number of halogens is 1. The van der Waals surface area contributed by atoms with Gasteiger partial charge in [-0.15, -0.1) is 0 Å². The Morgan fingerprint density at radius 3 is 2.82 bits per heavy atom. The first-order valence-electron chi connectivity index (χ1n) is 3.67. The maximum atomic E-state index is 5.59. The summed E-state index contributed by atoms with van der Waals surface area (Å²) in [6.45, 7) is 4.67. The molecule has 0 radical (unpaired) electrons. The van der Waals surface area contributed by atoms with Crippen molar-refractivity contribution >= 4 is 22.1 Å². The predicted molar refractivity (Wildman–Crippen MR) is 50.4 cm³/mol. The van der Waals surface area contributed by atoms with Crippen molar-refractivity contribution in [2.75, 3.05) is 6.54 Å². The molecule has 2 nitrogen and oxygen atoms in total. The Morgan fingerprint density at radius 2 is 2.36 bits per heavy atom. The van der Waals surface area contributed by atoms with E-state index in [9.17, 15) is 0 Å². The number of hydrogen-bond acceptors (Lipinski definition) is 2. The van der Waals surface area contributed by atoms with Gasteiger partial charge in [0.25, 0.3) is 0 Å². The standard InChI is InChI=1S/C8H12BrNO/c1-7(2)11-8(9)4-3-5-10-6-8/h3-5,7H,6H2,1-2H3. The highest BCUT2D eigenvalue weighted by atomic mass is 79.9. The predicted octanol–water partition coefficient (Wildman–Crippen LogP) is 2.14. The van der Waals surface area contributed by atoms with Crippen molar-refractivity contribution in [3.05, 3.63) is 12.2 Å². The van der Waals surface area contributed by atoms with Gasteiger partial charge in [-0.2, -0.15) is 0 Å². The third-order valence-electron chi connectivity index (χ3n) is 1.28. The van der Waals surface area contributed by atoms with Crippen LogP contribution < -0.4 is 0 Å². The van der Waals surface area contributed by atoms with Gasteiger partial charge in [0, 0.05) is 6.21 Å². The van der Waals surface area contributed by atoms with Gasteiger partial charge in [-0.1, -0.05) is 0 Å². The van der Waals surface area contributed by atoms with Gasteiger partial charge in [-0.25, -0.2) is 0 Å². The van der Waals surface area contributed by atoms with E-state index in [0.717, 1.165) is 0 Å². The van der Waals surface area contributed by atoms with Gasteiger partial charge in [-0.3, -0.25) is 4.99 Å². The number of hydrogen-bond donors (Lipinski definition) is 0. The van der Waals surface area contributed by atoms with E-state index in [4.69, 9.17) is 4.74 Å². The molecule has 0 saturated carbocycles. The Labute approximate surface area is 75.5 Å². The van der Waals surface area contributed by atoms with Crippen LogP contribution in [-0.2, 0) is 4.74 Å². The number of dihydropyridines is 1. The Bertz CT molecular complexity index is 189. The van der Waals surface area contributed by atoms with Crippen molar-refractivity contribution < 1.29 is 4.74 Å². The molecule has 1 rings (SSSR count). The van der Waals surface area contributed by atoms with E-state index in [0.29, 0.717) is 6.54 Å². The van der Waals surface area contributed by atoms with Crippen LogP contribution in [-0.4, -0.2) is 23.4 Å². The summed E-state index contributed by atoms with van der Waals surface area (Å²) < 4.78 is 5.23. The lowest BCUT2D eigenvalue weighted by molar-refractivity contribution is 0.0227. The van der Waals surface area contributed by atoms with Crippen molar-refractivity contribution in [3.8, 4) is 0 Å². The molecule has 0 aromatic heterocycles. The van der Waals surface area contributed by atoms with E-state index in [2.05, 4.69) is 20.9 Å². The summed E-state index contributed by atoms with van der Waals surface area (Å²) in [5.41, 5.74) is 0. The van der Waals surface area contributed by atoms with Crippen molar-refractivity contribution in [1.82, 2.24) is 0 Å². The smallest absolute Gasteiger partial charge is 0.161 e. The number of ether oxygens (including phenoxy) is 1. The first-order valence-corrected chi connectivity index (χ1v) is 4.46. The topological polar surface area (TPSA) is 21.6 Å². The molecule has 0 spiro atoms. The van der Waals surface area contributed by atoms with Crippen molar-refractivity contribution in [3.63, 3.8) is 0 Å². The quantitative estimate of drug-likeness (QED) is 0.650. The van der Waals surface area contributed by atoms with E-state index >= 15 is 0 Å². The van der Waals surface area contributed by atoms with Gasteiger partial charge in [0.1, 0.15) is 0 Å². The second-order valence-corrected chi connectivity index (χ2v) is 4.14. The molecular weight excluding hydrogens is 206 g/mol. The molecule has 11 heavy (non-hydrogen) atoms. The molecule has 0 bridgehead atoms. The maximum Gasteiger partial charge on any atom is 0.161 e. The number of alkyl halides is 1. The summed E-state index contributed by atoms with van der Waals surface area (Å²) in [5, 5.41) is 0. The minimum Gasteiger partial charge on any atom is -0.355 e. The summed E-state index contributed by atoms with van der Waals surface area (Å²) in [4.78, 5) is 4.10. The first-order chi connectivity index (χ1) is 5.12. The Balaban J connectivity index is 2.54. The molecule has 0 aromatic carbocycles. The Morgan fingerprint density at radius 1 is 1.64 bits per heavy atom. The molecule has 1 unspecified atom stereocenters. The second kappa shape index (κ2) is 3.50. The number of rotatable bonds is 2. The highest BCUT2D eigenvalue weighted by Gasteiger charge is 2.25.